The number of likely N-dealkylation sites (tertiary alicyclic amines) is 1. The summed E-state index contributed by atoms with van der Waals surface area (Å²) < 4.78 is 2.01. The zero-order chi connectivity index (χ0) is 13.5. The molecular formula is C15H28N4. The van der Waals surface area contributed by atoms with Gasteiger partial charge < -0.3 is 10.2 Å². The normalized spacial score (nSPS) is 21.7. The fourth-order valence-corrected chi connectivity index (χ4v) is 2.82. The molecule has 0 aromatic carbocycles. The third-order valence-electron chi connectivity index (χ3n) is 4.05. The molecule has 4 nitrogen and oxygen atoms in total. The molecule has 1 aliphatic heterocycles. The van der Waals surface area contributed by atoms with Gasteiger partial charge in [0.05, 0.1) is 0 Å². The van der Waals surface area contributed by atoms with E-state index in [4.69, 9.17) is 0 Å². The molecule has 1 aromatic heterocycles. The Labute approximate surface area is 117 Å². The van der Waals surface area contributed by atoms with Crippen molar-refractivity contribution in [2.75, 3.05) is 19.6 Å². The number of nitrogens with zero attached hydrogens (tertiary/aromatic N) is 3. The topological polar surface area (TPSA) is 33.1 Å². The smallest absolute Gasteiger partial charge is 0.0489 e. The van der Waals surface area contributed by atoms with Crippen LogP contribution in [0.3, 0.4) is 0 Å². The highest BCUT2D eigenvalue weighted by atomic mass is 15.3. The molecule has 0 aliphatic carbocycles. The van der Waals surface area contributed by atoms with Gasteiger partial charge in [-0.25, -0.2) is 0 Å². The lowest BCUT2D eigenvalue weighted by Crippen LogP contribution is -2.34. The van der Waals surface area contributed by atoms with Crippen molar-refractivity contribution in [3.63, 3.8) is 0 Å². The summed E-state index contributed by atoms with van der Waals surface area (Å²) in [6.07, 6.45) is 8.98. The van der Waals surface area contributed by atoms with Crippen LogP contribution in [0.15, 0.2) is 18.5 Å². The first-order valence-electron chi connectivity index (χ1n) is 7.70. The predicted octanol–water partition coefficient (Wildman–Crippen LogP) is 2.13. The van der Waals surface area contributed by atoms with Crippen LogP contribution >= 0.6 is 0 Å². The Morgan fingerprint density at radius 3 is 2.95 bits per heavy atom. The summed E-state index contributed by atoms with van der Waals surface area (Å²) in [5.41, 5.74) is 0. The molecule has 0 saturated carbocycles. The van der Waals surface area contributed by atoms with Crippen molar-refractivity contribution < 1.29 is 0 Å². The SMILES string of the molecule is CC(C)N1CCCC(NCCCn2cccn2)CC1. The Hall–Kier alpha value is -0.870. The third kappa shape index (κ3) is 4.96. The molecule has 1 saturated heterocycles. The van der Waals surface area contributed by atoms with E-state index in [-0.39, 0.29) is 0 Å². The molecule has 2 rings (SSSR count). The van der Waals surface area contributed by atoms with Crippen molar-refractivity contribution in [2.24, 2.45) is 0 Å². The predicted molar refractivity (Wildman–Crippen MR) is 79.2 cm³/mol. The molecule has 0 amide bonds. The Kier molecular flexibility index (Phi) is 5.86. The monoisotopic (exact) mass is 264 g/mol. The van der Waals surface area contributed by atoms with Crippen molar-refractivity contribution in [1.29, 1.82) is 0 Å². The van der Waals surface area contributed by atoms with E-state index in [0.29, 0.717) is 12.1 Å². The Balaban J connectivity index is 1.61. The second-order valence-corrected chi connectivity index (χ2v) is 5.83. The maximum Gasteiger partial charge on any atom is 0.0489 e. The summed E-state index contributed by atoms with van der Waals surface area (Å²) in [6, 6.07) is 3.39. The van der Waals surface area contributed by atoms with Crippen LogP contribution in [0.1, 0.15) is 39.5 Å². The van der Waals surface area contributed by atoms with Gasteiger partial charge in [-0.15, -0.1) is 0 Å². The van der Waals surface area contributed by atoms with Crippen LogP contribution in [0, 0.1) is 0 Å². The van der Waals surface area contributed by atoms with E-state index in [9.17, 15) is 0 Å². The van der Waals surface area contributed by atoms with E-state index in [1.165, 1.54) is 32.4 Å². The molecule has 0 spiro atoms. The van der Waals surface area contributed by atoms with Gasteiger partial charge in [-0.1, -0.05) is 0 Å². The lowest BCUT2D eigenvalue weighted by atomic mass is 10.1. The summed E-state index contributed by atoms with van der Waals surface area (Å²) in [4.78, 5) is 2.60. The molecular weight excluding hydrogens is 236 g/mol. The highest BCUT2D eigenvalue weighted by Crippen LogP contribution is 2.13. The number of rotatable bonds is 6. The van der Waals surface area contributed by atoms with Crippen LogP contribution in [0.2, 0.25) is 0 Å². The summed E-state index contributed by atoms with van der Waals surface area (Å²) in [5.74, 6) is 0. The largest absolute Gasteiger partial charge is 0.314 e. The van der Waals surface area contributed by atoms with Gasteiger partial charge in [0.25, 0.3) is 0 Å². The fraction of sp³-hybridized carbons (Fsp3) is 0.800. The Morgan fingerprint density at radius 1 is 1.32 bits per heavy atom. The van der Waals surface area contributed by atoms with Crippen LogP contribution in [0.25, 0.3) is 0 Å². The second-order valence-electron chi connectivity index (χ2n) is 5.83. The van der Waals surface area contributed by atoms with Crippen molar-refractivity contribution in [3.05, 3.63) is 18.5 Å². The van der Waals surface area contributed by atoms with Gasteiger partial charge in [0.15, 0.2) is 0 Å². The number of aryl methyl sites for hydroxylation is 1. The molecule has 19 heavy (non-hydrogen) atoms. The van der Waals surface area contributed by atoms with Gasteiger partial charge >= 0.3 is 0 Å². The van der Waals surface area contributed by atoms with Crippen molar-refractivity contribution in [3.8, 4) is 0 Å². The van der Waals surface area contributed by atoms with Gasteiger partial charge in [0.2, 0.25) is 0 Å². The zero-order valence-electron chi connectivity index (χ0n) is 12.4. The van der Waals surface area contributed by atoms with Gasteiger partial charge in [0, 0.05) is 31.0 Å². The Morgan fingerprint density at radius 2 is 2.21 bits per heavy atom. The minimum Gasteiger partial charge on any atom is -0.314 e. The average molecular weight is 264 g/mol. The van der Waals surface area contributed by atoms with E-state index in [2.05, 4.69) is 29.2 Å². The molecule has 4 heteroatoms. The first-order valence-corrected chi connectivity index (χ1v) is 7.70. The van der Waals surface area contributed by atoms with E-state index >= 15 is 0 Å². The molecule has 1 aliphatic rings. The highest BCUT2D eigenvalue weighted by Gasteiger charge is 2.17. The van der Waals surface area contributed by atoms with E-state index in [1.807, 2.05) is 23.1 Å². The van der Waals surface area contributed by atoms with Crippen molar-refractivity contribution >= 4 is 0 Å². The van der Waals surface area contributed by atoms with Crippen LogP contribution < -0.4 is 5.32 Å². The molecule has 0 bridgehead atoms. The Bertz CT molecular complexity index is 334. The first kappa shape index (κ1) is 14.5. The summed E-state index contributed by atoms with van der Waals surface area (Å²) >= 11 is 0. The minimum absolute atomic E-state index is 0.693. The molecule has 0 radical (unpaired) electrons. The number of hydrogen-bond donors (Lipinski definition) is 1. The lowest BCUT2D eigenvalue weighted by Gasteiger charge is -2.24. The molecule has 1 fully saturated rings. The van der Waals surface area contributed by atoms with Crippen LogP contribution in [0.4, 0.5) is 0 Å². The van der Waals surface area contributed by atoms with Gasteiger partial charge in [-0.3, -0.25) is 4.68 Å². The number of nitrogens with one attached hydrogen (secondary N) is 1. The first-order chi connectivity index (χ1) is 9.25. The molecule has 108 valence electrons. The lowest BCUT2D eigenvalue weighted by molar-refractivity contribution is 0.229. The molecule has 1 unspecified atom stereocenters. The summed E-state index contributed by atoms with van der Waals surface area (Å²) in [5, 5.41) is 7.94. The van der Waals surface area contributed by atoms with Gasteiger partial charge in [-0.05, 0) is 65.2 Å². The van der Waals surface area contributed by atoms with Crippen LogP contribution in [0.5, 0.6) is 0 Å². The van der Waals surface area contributed by atoms with E-state index < -0.39 is 0 Å². The molecule has 2 heterocycles. The number of aromatic nitrogens is 2. The quantitative estimate of drug-likeness (QED) is 0.799. The van der Waals surface area contributed by atoms with Crippen molar-refractivity contribution in [1.82, 2.24) is 20.0 Å². The molecule has 1 atom stereocenters. The maximum atomic E-state index is 4.23. The average Bonchev–Trinajstić information content (AvgIpc) is 2.79. The fourth-order valence-electron chi connectivity index (χ4n) is 2.82. The zero-order valence-corrected chi connectivity index (χ0v) is 12.4. The standard InChI is InChI=1S/C15H28N4/c1-14(2)18-10-3-6-15(7-13-18)16-8-4-11-19-12-5-9-17-19/h5,9,12,14-16H,3-4,6-8,10-11,13H2,1-2H3. The maximum absolute atomic E-state index is 4.23. The third-order valence-corrected chi connectivity index (χ3v) is 4.05. The van der Waals surface area contributed by atoms with Gasteiger partial charge in [0.1, 0.15) is 0 Å². The molecule has 1 aromatic rings. The highest BCUT2D eigenvalue weighted by molar-refractivity contribution is 4.78. The van der Waals surface area contributed by atoms with Crippen LogP contribution in [-0.4, -0.2) is 46.4 Å². The minimum atomic E-state index is 0.693. The second kappa shape index (κ2) is 7.65. The summed E-state index contributed by atoms with van der Waals surface area (Å²) in [7, 11) is 0. The van der Waals surface area contributed by atoms with Crippen molar-refractivity contribution in [2.45, 2.75) is 58.2 Å². The van der Waals surface area contributed by atoms with Gasteiger partial charge in [-0.2, -0.15) is 5.10 Å². The molecule has 1 N–H and O–H groups in total. The summed E-state index contributed by atoms with van der Waals surface area (Å²) in [6.45, 7) is 9.24. The number of hydrogen-bond acceptors (Lipinski definition) is 3. The van der Waals surface area contributed by atoms with Crippen LogP contribution in [-0.2, 0) is 6.54 Å². The van der Waals surface area contributed by atoms with E-state index in [0.717, 1.165) is 19.5 Å². The van der Waals surface area contributed by atoms with E-state index in [1.54, 1.807) is 0 Å².